The number of benzene rings is 1. The number of hydrogen-bond donors (Lipinski definition) is 2. The van der Waals surface area contributed by atoms with Crippen molar-refractivity contribution in [3.05, 3.63) is 46.3 Å². The van der Waals surface area contributed by atoms with E-state index in [4.69, 9.17) is 0 Å². The van der Waals surface area contributed by atoms with E-state index in [0.717, 1.165) is 5.69 Å². The van der Waals surface area contributed by atoms with E-state index in [9.17, 15) is 14.9 Å². The van der Waals surface area contributed by atoms with Crippen LogP contribution in [0.4, 0.5) is 17.1 Å². The van der Waals surface area contributed by atoms with Gasteiger partial charge in [0.05, 0.1) is 33.6 Å². The van der Waals surface area contributed by atoms with E-state index >= 15 is 0 Å². The number of rotatable bonds is 5. The molecule has 1 aromatic heterocycles. The first-order valence-electron chi connectivity index (χ1n) is 7.96. The van der Waals surface area contributed by atoms with Gasteiger partial charge in [0.2, 0.25) is 5.91 Å². The lowest BCUT2D eigenvalue weighted by atomic mass is 10.1. The zero-order valence-electron chi connectivity index (χ0n) is 15.0. The summed E-state index contributed by atoms with van der Waals surface area (Å²) in [5.41, 5.74) is 1.41. The van der Waals surface area contributed by atoms with Crippen molar-refractivity contribution >= 4 is 23.0 Å². The number of anilines is 2. The lowest BCUT2D eigenvalue weighted by Crippen LogP contribution is -2.32. The number of nitro groups is 1. The van der Waals surface area contributed by atoms with Crippen molar-refractivity contribution < 1.29 is 9.72 Å². The number of amides is 1. The van der Waals surface area contributed by atoms with E-state index in [2.05, 4.69) is 15.7 Å². The second-order valence-corrected chi connectivity index (χ2v) is 6.91. The summed E-state index contributed by atoms with van der Waals surface area (Å²) in [7, 11) is 0. The summed E-state index contributed by atoms with van der Waals surface area (Å²) in [6, 6.07) is 4.07. The van der Waals surface area contributed by atoms with Crippen molar-refractivity contribution in [3.8, 4) is 0 Å². The summed E-state index contributed by atoms with van der Waals surface area (Å²) in [6.45, 7) is 9.43. The highest BCUT2D eigenvalue weighted by molar-refractivity contribution is 5.97. The molecule has 8 heteroatoms. The van der Waals surface area contributed by atoms with Gasteiger partial charge < -0.3 is 10.6 Å². The first-order valence-corrected chi connectivity index (χ1v) is 7.96. The molecule has 0 spiro atoms. The van der Waals surface area contributed by atoms with E-state index in [1.807, 2.05) is 31.6 Å². The fourth-order valence-corrected chi connectivity index (χ4v) is 2.28. The molecule has 1 amide bonds. The van der Waals surface area contributed by atoms with Crippen LogP contribution in [0.3, 0.4) is 0 Å². The van der Waals surface area contributed by atoms with Gasteiger partial charge in [-0.1, -0.05) is 6.07 Å². The van der Waals surface area contributed by atoms with Crippen molar-refractivity contribution in [1.82, 2.24) is 9.78 Å². The van der Waals surface area contributed by atoms with Crippen molar-refractivity contribution in [2.75, 3.05) is 10.6 Å². The van der Waals surface area contributed by atoms with Crippen LogP contribution < -0.4 is 10.6 Å². The minimum Gasteiger partial charge on any atom is -0.371 e. The Morgan fingerprint density at radius 3 is 2.60 bits per heavy atom. The number of hydrogen-bond acceptors (Lipinski definition) is 5. The number of nitrogens with one attached hydrogen (secondary N) is 2. The van der Waals surface area contributed by atoms with Crippen LogP contribution in [0, 0.1) is 17.0 Å². The van der Waals surface area contributed by atoms with Gasteiger partial charge in [0.1, 0.15) is 6.04 Å². The van der Waals surface area contributed by atoms with Gasteiger partial charge >= 0.3 is 0 Å². The Morgan fingerprint density at radius 1 is 1.36 bits per heavy atom. The fraction of sp³-hybridized carbons (Fsp3) is 0.412. The third kappa shape index (κ3) is 4.34. The second-order valence-electron chi connectivity index (χ2n) is 6.91. The predicted octanol–water partition coefficient (Wildman–Crippen LogP) is 3.29. The first kappa shape index (κ1) is 18.4. The molecule has 0 saturated carbocycles. The number of aromatic nitrogens is 2. The first-order chi connectivity index (χ1) is 11.6. The highest BCUT2D eigenvalue weighted by Crippen LogP contribution is 2.25. The molecule has 0 saturated heterocycles. The molecule has 1 atom stereocenters. The van der Waals surface area contributed by atoms with Crippen molar-refractivity contribution in [3.63, 3.8) is 0 Å². The van der Waals surface area contributed by atoms with Crippen molar-refractivity contribution in [2.45, 2.75) is 46.2 Å². The molecule has 2 rings (SSSR count). The molecule has 1 aromatic carbocycles. The van der Waals surface area contributed by atoms with Crippen LogP contribution in [0.15, 0.2) is 30.6 Å². The minimum atomic E-state index is -0.531. The molecular weight excluding hydrogens is 322 g/mol. The zero-order chi connectivity index (χ0) is 18.8. The Bertz CT molecular complexity index is 792. The minimum absolute atomic E-state index is 0.0233. The molecule has 0 aliphatic heterocycles. The third-order valence-electron chi connectivity index (χ3n) is 3.81. The summed E-state index contributed by atoms with van der Waals surface area (Å²) in [6.07, 6.45) is 3.50. The van der Waals surface area contributed by atoms with E-state index in [1.165, 1.54) is 6.07 Å². The summed E-state index contributed by atoms with van der Waals surface area (Å²) in [5, 5.41) is 21.1. The number of nitro benzene ring substituents is 1. The molecule has 134 valence electrons. The maximum Gasteiger partial charge on any atom is 0.274 e. The molecule has 8 nitrogen and oxygen atoms in total. The van der Waals surface area contributed by atoms with Crippen LogP contribution in [0.1, 0.15) is 33.3 Å². The quantitative estimate of drug-likeness (QED) is 0.639. The molecule has 2 aromatic rings. The summed E-state index contributed by atoms with van der Waals surface area (Å²) in [5.74, 6) is -0.285. The Hall–Kier alpha value is -2.90. The van der Waals surface area contributed by atoms with Gasteiger partial charge in [0.25, 0.3) is 5.69 Å². The molecule has 0 bridgehead atoms. The highest BCUT2D eigenvalue weighted by Gasteiger charge is 2.19. The maximum absolute atomic E-state index is 12.4. The summed E-state index contributed by atoms with van der Waals surface area (Å²) < 4.78 is 1.81. The molecule has 2 N–H and O–H groups in total. The highest BCUT2D eigenvalue weighted by atomic mass is 16.6. The summed E-state index contributed by atoms with van der Waals surface area (Å²) in [4.78, 5) is 22.9. The number of carbonyl (C=O) groups excluding carboxylic acids is 1. The van der Waals surface area contributed by atoms with Gasteiger partial charge in [-0.2, -0.15) is 5.10 Å². The van der Waals surface area contributed by atoms with Crippen molar-refractivity contribution in [1.29, 1.82) is 0 Å². The average molecular weight is 345 g/mol. The van der Waals surface area contributed by atoms with Crippen LogP contribution in [0.5, 0.6) is 0 Å². The molecule has 0 fully saturated rings. The maximum atomic E-state index is 12.4. The Morgan fingerprint density at radius 2 is 2.04 bits per heavy atom. The van der Waals surface area contributed by atoms with Gasteiger partial charge in [-0.05, 0) is 40.7 Å². The Kier molecular flexibility index (Phi) is 5.10. The van der Waals surface area contributed by atoms with E-state index < -0.39 is 11.0 Å². The Labute approximate surface area is 146 Å². The van der Waals surface area contributed by atoms with E-state index in [0.29, 0.717) is 11.3 Å². The second kappa shape index (κ2) is 6.92. The summed E-state index contributed by atoms with van der Waals surface area (Å²) >= 11 is 0. The topological polar surface area (TPSA) is 102 Å². The number of carbonyl (C=O) groups is 1. The monoisotopic (exact) mass is 345 g/mol. The van der Waals surface area contributed by atoms with Crippen LogP contribution >= 0.6 is 0 Å². The smallest absolute Gasteiger partial charge is 0.274 e. The predicted molar refractivity (Wildman–Crippen MR) is 96.8 cm³/mol. The normalized spacial score (nSPS) is 12.5. The van der Waals surface area contributed by atoms with Gasteiger partial charge in [0.15, 0.2) is 0 Å². The van der Waals surface area contributed by atoms with Gasteiger partial charge in [-0.15, -0.1) is 0 Å². The number of nitrogens with zero attached hydrogens (tertiary/aromatic N) is 3. The van der Waals surface area contributed by atoms with Crippen molar-refractivity contribution in [2.24, 2.45) is 0 Å². The van der Waals surface area contributed by atoms with Crippen LogP contribution in [-0.2, 0) is 10.3 Å². The third-order valence-corrected chi connectivity index (χ3v) is 3.81. The molecule has 0 aliphatic carbocycles. The molecule has 25 heavy (non-hydrogen) atoms. The van der Waals surface area contributed by atoms with Gasteiger partial charge in [0, 0.05) is 12.3 Å². The molecule has 0 radical (unpaired) electrons. The van der Waals surface area contributed by atoms with E-state index in [-0.39, 0.29) is 17.1 Å². The molecule has 0 aliphatic rings. The largest absolute Gasteiger partial charge is 0.371 e. The lowest BCUT2D eigenvalue weighted by Gasteiger charge is -2.19. The van der Waals surface area contributed by atoms with Gasteiger partial charge in [-0.3, -0.25) is 19.6 Å². The van der Waals surface area contributed by atoms with Crippen LogP contribution in [0.2, 0.25) is 0 Å². The molecule has 0 unspecified atom stereocenters. The van der Waals surface area contributed by atoms with Gasteiger partial charge in [-0.25, -0.2) is 0 Å². The average Bonchev–Trinajstić information content (AvgIpc) is 2.97. The molecule has 1 heterocycles. The Balaban J connectivity index is 2.07. The molecular formula is C17H23N5O3. The standard InChI is InChI=1S/C17H23N5O3/c1-11-14(7-6-8-15(11)22(24)25)20-16(23)12(2)19-13-9-18-21(10-13)17(3,4)5/h6-10,12,19H,1-5H3,(H,20,23)/t12-/m1/s1. The van der Waals surface area contributed by atoms with Crippen LogP contribution in [0.25, 0.3) is 0 Å². The fourth-order valence-electron chi connectivity index (χ4n) is 2.28. The van der Waals surface area contributed by atoms with Crippen LogP contribution in [-0.4, -0.2) is 26.7 Å². The zero-order valence-corrected chi connectivity index (χ0v) is 15.0. The SMILES string of the molecule is Cc1c(NC(=O)[C@@H](C)Nc2cnn(C(C)(C)C)c2)cccc1[N+](=O)[O-]. The van der Waals surface area contributed by atoms with E-state index in [1.54, 1.807) is 32.2 Å². The lowest BCUT2D eigenvalue weighted by molar-refractivity contribution is -0.385.